The molecule has 0 amide bonds. The van der Waals surface area contributed by atoms with E-state index < -0.39 is 40.5 Å². The zero-order valence-electron chi connectivity index (χ0n) is 19.9. The van der Waals surface area contributed by atoms with E-state index >= 15 is 0 Å². The van der Waals surface area contributed by atoms with Crippen molar-refractivity contribution >= 4 is 17.9 Å². The van der Waals surface area contributed by atoms with Crippen LogP contribution in [0.4, 0.5) is 0 Å². The molecule has 180 valence electrons. The molecule has 0 aliphatic heterocycles. The fraction of sp³-hybridized carbons (Fsp3) is 0.792. The number of allylic oxidation sites excluding steroid dienone is 2. The number of quaternary nitrogens is 1. The first-order chi connectivity index (χ1) is 14.6. The Morgan fingerprint density at radius 2 is 1.00 bits per heavy atom. The van der Waals surface area contributed by atoms with Gasteiger partial charge in [0.2, 0.25) is 0 Å². The van der Waals surface area contributed by atoms with Gasteiger partial charge in [-0.3, -0.25) is 4.48 Å². The summed E-state index contributed by atoms with van der Waals surface area (Å²) >= 11 is 0. The molecule has 0 aromatic heterocycles. The van der Waals surface area contributed by atoms with E-state index in [0.29, 0.717) is 6.42 Å². The Balaban J connectivity index is 4.68. The Kier molecular flexibility index (Phi) is 14.9. The molecule has 0 aromatic carbocycles. The number of rotatable bonds is 19. The van der Waals surface area contributed by atoms with Gasteiger partial charge in [0.15, 0.2) is 18.1 Å². The van der Waals surface area contributed by atoms with Crippen molar-refractivity contribution in [3.05, 3.63) is 12.2 Å². The first kappa shape index (κ1) is 29.1. The lowest BCUT2D eigenvalue weighted by Crippen LogP contribution is -2.70. The highest BCUT2D eigenvalue weighted by atomic mass is 16.4. The van der Waals surface area contributed by atoms with Gasteiger partial charge in [-0.05, 0) is 59.3 Å². The highest BCUT2D eigenvalue weighted by Crippen LogP contribution is 2.27. The summed E-state index contributed by atoms with van der Waals surface area (Å²) in [6, 6.07) is -3.39. The molecule has 0 heterocycles. The normalized spacial score (nSPS) is 16.5. The molecule has 0 aliphatic carbocycles. The molecule has 0 aliphatic rings. The van der Waals surface area contributed by atoms with Crippen molar-refractivity contribution in [2.24, 2.45) is 0 Å². The Morgan fingerprint density at radius 3 is 1.39 bits per heavy atom. The van der Waals surface area contributed by atoms with Crippen LogP contribution < -0.4 is 0 Å². The number of carboxylic acid groups (broad SMARTS) is 3. The van der Waals surface area contributed by atoms with Crippen LogP contribution in [0.3, 0.4) is 0 Å². The molecule has 7 heteroatoms. The van der Waals surface area contributed by atoms with Gasteiger partial charge in [-0.15, -0.1) is 0 Å². The smallest absolute Gasteiger partial charge is 0.362 e. The summed E-state index contributed by atoms with van der Waals surface area (Å²) in [6.45, 7) is 6.65. The van der Waals surface area contributed by atoms with Gasteiger partial charge < -0.3 is 15.3 Å². The van der Waals surface area contributed by atoms with Crippen molar-refractivity contribution < 1.29 is 34.2 Å². The molecule has 0 spiro atoms. The minimum absolute atomic E-state index is 0.204. The van der Waals surface area contributed by atoms with Crippen molar-refractivity contribution in [3.63, 3.8) is 0 Å². The number of unbranched alkanes of at least 4 members (excludes halogenated alkanes) is 9. The summed E-state index contributed by atoms with van der Waals surface area (Å²) in [6.07, 6.45) is 16.4. The zero-order valence-corrected chi connectivity index (χ0v) is 19.9. The largest absolute Gasteiger partial charge is 0.477 e. The number of carboxylic acids is 3. The number of hydrogen-bond donors (Lipinski definition) is 3. The van der Waals surface area contributed by atoms with E-state index in [1.165, 1.54) is 59.3 Å². The number of carbonyl (C=O) groups is 3. The molecule has 0 saturated carbocycles. The zero-order chi connectivity index (χ0) is 23.9. The Hall–Kier alpha value is -1.89. The fourth-order valence-corrected chi connectivity index (χ4v) is 4.31. The summed E-state index contributed by atoms with van der Waals surface area (Å²) in [7, 11) is 0. The quantitative estimate of drug-likeness (QED) is 0.146. The molecular formula is C24H44NO6+. The molecule has 3 N–H and O–H groups in total. The second-order valence-corrected chi connectivity index (χ2v) is 8.64. The number of nitrogens with zero attached hydrogens (tertiary/aromatic N) is 1. The molecule has 0 saturated heterocycles. The van der Waals surface area contributed by atoms with E-state index in [4.69, 9.17) is 0 Å². The maximum Gasteiger partial charge on any atom is 0.362 e. The molecule has 3 unspecified atom stereocenters. The SMILES string of the molecule is CCCCCCCC/C=C/CCCCC[N+](C(C)C(=O)O)(C(C)C(=O)O)C(C)C(=O)O. The van der Waals surface area contributed by atoms with Gasteiger partial charge in [0.25, 0.3) is 0 Å². The maximum absolute atomic E-state index is 11.7. The maximum atomic E-state index is 11.7. The van der Waals surface area contributed by atoms with Gasteiger partial charge in [0.05, 0.1) is 6.54 Å². The molecule has 3 atom stereocenters. The van der Waals surface area contributed by atoms with Crippen LogP contribution in [0.2, 0.25) is 0 Å². The van der Waals surface area contributed by atoms with Crippen molar-refractivity contribution in [1.29, 1.82) is 0 Å². The summed E-state index contributed by atoms with van der Waals surface area (Å²) in [5.74, 6) is -3.54. The van der Waals surface area contributed by atoms with Crippen LogP contribution >= 0.6 is 0 Å². The first-order valence-corrected chi connectivity index (χ1v) is 11.8. The predicted molar refractivity (Wildman–Crippen MR) is 122 cm³/mol. The monoisotopic (exact) mass is 442 g/mol. The van der Waals surface area contributed by atoms with Gasteiger partial charge in [-0.2, -0.15) is 0 Å². The molecular weight excluding hydrogens is 398 g/mol. The number of hydrogen-bond acceptors (Lipinski definition) is 3. The van der Waals surface area contributed by atoms with E-state index in [1.54, 1.807) is 0 Å². The molecule has 0 fully saturated rings. The van der Waals surface area contributed by atoms with Crippen LogP contribution in [0.1, 0.15) is 98.3 Å². The molecule has 0 radical (unpaired) electrons. The van der Waals surface area contributed by atoms with Gasteiger partial charge in [-0.25, -0.2) is 14.4 Å². The standard InChI is InChI=1S/C24H43NO6/c1-5-6-7-8-9-10-11-12-13-14-15-16-17-18-25(19(2)22(26)27,20(3)23(28)29)21(4)24(30)31/h12-13,19-21H,5-11,14-18H2,1-4H3,(H2-,26,27,28,29,30,31)/p+1/b13-12+. The summed E-state index contributed by atoms with van der Waals surface area (Å²) in [5.41, 5.74) is 0. The van der Waals surface area contributed by atoms with Crippen LogP contribution in [0, 0.1) is 0 Å². The first-order valence-electron chi connectivity index (χ1n) is 11.8. The third kappa shape index (κ3) is 9.85. The lowest BCUT2D eigenvalue weighted by molar-refractivity contribution is -0.968. The highest BCUT2D eigenvalue weighted by Gasteiger charge is 2.52. The van der Waals surface area contributed by atoms with E-state index in [9.17, 15) is 29.7 Å². The van der Waals surface area contributed by atoms with Gasteiger partial charge >= 0.3 is 17.9 Å². The van der Waals surface area contributed by atoms with Crippen molar-refractivity contribution in [2.45, 2.75) is 116 Å². The third-order valence-corrected chi connectivity index (χ3v) is 6.54. The van der Waals surface area contributed by atoms with Gasteiger partial charge in [0, 0.05) is 0 Å². The van der Waals surface area contributed by atoms with Crippen LogP contribution in [0.15, 0.2) is 12.2 Å². The van der Waals surface area contributed by atoms with E-state index in [-0.39, 0.29) is 6.54 Å². The topological polar surface area (TPSA) is 112 Å². The Labute approximate surface area is 187 Å². The second kappa shape index (κ2) is 15.8. The highest BCUT2D eigenvalue weighted by molar-refractivity contribution is 5.77. The Morgan fingerprint density at radius 1 is 0.645 bits per heavy atom. The third-order valence-electron chi connectivity index (χ3n) is 6.54. The summed E-state index contributed by atoms with van der Waals surface area (Å²) in [5, 5.41) is 28.7. The number of aliphatic carboxylic acids is 3. The minimum atomic E-state index is -1.18. The molecule has 0 aromatic rings. The molecule has 31 heavy (non-hydrogen) atoms. The van der Waals surface area contributed by atoms with Crippen molar-refractivity contribution in [2.75, 3.05) is 6.54 Å². The average Bonchev–Trinajstić information content (AvgIpc) is 2.72. The van der Waals surface area contributed by atoms with Gasteiger partial charge in [0.1, 0.15) is 0 Å². The predicted octanol–water partition coefficient (Wildman–Crippen LogP) is 5.09. The second-order valence-electron chi connectivity index (χ2n) is 8.64. The summed E-state index contributed by atoms with van der Waals surface area (Å²) in [4.78, 5) is 35.2. The molecule has 0 rings (SSSR count). The fourth-order valence-electron chi connectivity index (χ4n) is 4.31. The van der Waals surface area contributed by atoms with Crippen LogP contribution in [-0.2, 0) is 14.4 Å². The van der Waals surface area contributed by atoms with Crippen molar-refractivity contribution in [1.82, 2.24) is 0 Å². The van der Waals surface area contributed by atoms with E-state index in [1.807, 2.05) is 0 Å². The van der Waals surface area contributed by atoms with Crippen molar-refractivity contribution in [3.8, 4) is 0 Å². The van der Waals surface area contributed by atoms with Crippen LogP contribution in [0.5, 0.6) is 0 Å². The average molecular weight is 443 g/mol. The Bertz CT molecular complexity index is 524. The lowest BCUT2D eigenvalue weighted by atomic mass is 10.00. The molecule has 0 bridgehead atoms. The van der Waals surface area contributed by atoms with Gasteiger partial charge in [-0.1, -0.05) is 51.2 Å². The van der Waals surface area contributed by atoms with Crippen LogP contribution in [-0.4, -0.2) is 62.4 Å². The summed E-state index contributed by atoms with van der Waals surface area (Å²) < 4.78 is -0.492. The van der Waals surface area contributed by atoms with E-state index in [0.717, 1.165) is 25.7 Å². The van der Waals surface area contributed by atoms with E-state index in [2.05, 4.69) is 19.1 Å². The van der Waals surface area contributed by atoms with Crippen LogP contribution in [0.25, 0.3) is 0 Å². The minimum Gasteiger partial charge on any atom is -0.477 e. The lowest BCUT2D eigenvalue weighted by Gasteiger charge is -2.47. The molecule has 7 nitrogen and oxygen atoms in total.